The van der Waals surface area contributed by atoms with E-state index >= 15 is 0 Å². The van der Waals surface area contributed by atoms with Crippen LogP contribution in [0.1, 0.15) is 17.3 Å². The van der Waals surface area contributed by atoms with E-state index in [0.717, 1.165) is 12.1 Å². The molecule has 0 saturated heterocycles. The minimum atomic E-state index is -3.82. The van der Waals surface area contributed by atoms with E-state index in [1.165, 1.54) is 28.6 Å². The third-order valence-corrected chi connectivity index (χ3v) is 6.13. The number of hydrogen-bond donors (Lipinski definition) is 1. The SMILES string of the molecule is CCN(c1ccccc1)S(=O)(=O)c1ccc(C(=O)Nc2ccc(F)cc2F)cc1. The standard InChI is InChI=1S/C21H18F2N2O3S/c1-2-25(17-6-4-3-5-7-17)29(27,28)18-11-8-15(9-12-18)21(26)24-20-13-10-16(22)14-19(20)23/h3-14H,2H2,1H3,(H,24,26). The second-order valence-electron chi connectivity index (χ2n) is 6.11. The number of nitrogens with zero attached hydrogens (tertiary/aromatic N) is 1. The highest BCUT2D eigenvalue weighted by Gasteiger charge is 2.23. The first-order valence-corrected chi connectivity index (χ1v) is 10.2. The third-order valence-electron chi connectivity index (χ3n) is 4.22. The van der Waals surface area contributed by atoms with Gasteiger partial charge in [-0.2, -0.15) is 0 Å². The number of para-hydroxylation sites is 1. The smallest absolute Gasteiger partial charge is 0.264 e. The molecule has 5 nitrogen and oxygen atoms in total. The highest BCUT2D eigenvalue weighted by Crippen LogP contribution is 2.24. The molecule has 3 aromatic carbocycles. The minimum absolute atomic E-state index is 0.0210. The molecule has 1 N–H and O–H groups in total. The van der Waals surface area contributed by atoms with Gasteiger partial charge in [0.05, 0.1) is 16.3 Å². The van der Waals surface area contributed by atoms with Gasteiger partial charge in [-0.05, 0) is 55.5 Å². The number of rotatable bonds is 6. The summed E-state index contributed by atoms with van der Waals surface area (Å²) in [5, 5.41) is 2.33. The fraction of sp³-hybridized carbons (Fsp3) is 0.0952. The molecule has 8 heteroatoms. The van der Waals surface area contributed by atoms with Crippen molar-refractivity contribution in [2.24, 2.45) is 0 Å². The molecule has 0 unspecified atom stereocenters. The first kappa shape index (κ1) is 20.5. The van der Waals surface area contributed by atoms with E-state index in [1.807, 2.05) is 0 Å². The van der Waals surface area contributed by atoms with Crippen molar-refractivity contribution in [3.05, 3.63) is 90.0 Å². The van der Waals surface area contributed by atoms with Gasteiger partial charge in [0.25, 0.3) is 15.9 Å². The average Bonchev–Trinajstić information content (AvgIpc) is 2.71. The fourth-order valence-electron chi connectivity index (χ4n) is 2.78. The number of hydrogen-bond acceptors (Lipinski definition) is 3. The Kier molecular flexibility index (Phi) is 5.93. The van der Waals surface area contributed by atoms with Crippen LogP contribution in [0.5, 0.6) is 0 Å². The Morgan fingerprint density at radius 2 is 1.62 bits per heavy atom. The summed E-state index contributed by atoms with van der Waals surface area (Å²) < 4.78 is 53.8. The maximum atomic E-state index is 13.7. The van der Waals surface area contributed by atoms with Crippen LogP contribution in [-0.2, 0) is 10.0 Å². The van der Waals surface area contributed by atoms with Gasteiger partial charge in [-0.15, -0.1) is 0 Å². The molecule has 150 valence electrons. The molecule has 0 saturated carbocycles. The molecule has 29 heavy (non-hydrogen) atoms. The quantitative estimate of drug-likeness (QED) is 0.646. The highest BCUT2D eigenvalue weighted by atomic mass is 32.2. The number of amides is 1. The van der Waals surface area contributed by atoms with Crippen molar-refractivity contribution >= 4 is 27.3 Å². The van der Waals surface area contributed by atoms with Gasteiger partial charge in [0.1, 0.15) is 11.6 Å². The molecule has 0 atom stereocenters. The van der Waals surface area contributed by atoms with Crippen molar-refractivity contribution in [2.45, 2.75) is 11.8 Å². The zero-order valence-electron chi connectivity index (χ0n) is 15.5. The van der Waals surface area contributed by atoms with Crippen LogP contribution >= 0.6 is 0 Å². The Morgan fingerprint density at radius 3 is 2.21 bits per heavy atom. The molecular formula is C21H18F2N2O3S. The number of halogens is 2. The Morgan fingerprint density at radius 1 is 0.966 bits per heavy atom. The van der Waals surface area contributed by atoms with Crippen LogP contribution in [0.2, 0.25) is 0 Å². The lowest BCUT2D eigenvalue weighted by atomic mass is 10.2. The lowest BCUT2D eigenvalue weighted by molar-refractivity contribution is 0.102. The number of carbonyl (C=O) groups is 1. The van der Waals surface area contributed by atoms with Crippen LogP contribution in [0.15, 0.2) is 77.7 Å². The molecule has 3 aromatic rings. The van der Waals surface area contributed by atoms with Gasteiger partial charge in [-0.1, -0.05) is 18.2 Å². The van der Waals surface area contributed by atoms with E-state index in [-0.39, 0.29) is 22.7 Å². The molecule has 0 heterocycles. The summed E-state index contributed by atoms with van der Waals surface area (Å²) in [4.78, 5) is 12.3. The summed E-state index contributed by atoms with van der Waals surface area (Å²) in [6.07, 6.45) is 0. The summed E-state index contributed by atoms with van der Waals surface area (Å²) in [5.74, 6) is -2.30. The van der Waals surface area contributed by atoms with Crippen molar-refractivity contribution in [3.63, 3.8) is 0 Å². The normalized spacial score (nSPS) is 11.1. The summed E-state index contributed by atoms with van der Waals surface area (Å²) in [6.45, 7) is 1.96. The molecule has 1 amide bonds. The van der Waals surface area contributed by atoms with Crippen molar-refractivity contribution < 1.29 is 22.0 Å². The lowest BCUT2D eigenvalue weighted by Gasteiger charge is -2.23. The van der Waals surface area contributed by atoms with E-state index in [0.29, 0.717) is 11.8 Å². The first-order valence-electron chi connectivity index (χ1n) is 8.77. The van der Waals surface area contributed by atoms with Crippen molar-refractivity contribution in [2.75, 3.05) is 16.2 Å². The number of nitrogens with one attached hydrogen (secondary N) is 1. The predicted octanol–water partition coefficient (Wildman–Crippen LogP) is 4.43. The summed E-state index contributed by atoms with van der Waals surface area (Å²) in [6, 6.07) is 16.8. The minimum Gasteiger partial charge on any atom is -0.319 e. The number of anilines is 2. The molecule has 0 aromatic heterocycles. The van der Waals surface area contributed by atoms with Gasteiger partial charge in [-0.3, -0.25) is 9.10 Å². The lowest BCUT2D eigenvalue weighted by Crippen LogP contribution is -2.30. The van der Waals surface area contributed by atoms with E-state index in [9.17, 15) is 22.0 Å². The molecule has 3 rings (SSSR count). The largest absolute Gasteiger partial charge is 0.319 e. The number of benzene rings is 3. The molecule has 0 spiro atoms. The van der Waals surface area contributed by atoms with Gasteiger partial charge in [0.15, 0.2) is 0 Å². The zero-order valence-corrected chi connectivity index (χ0v) is 16.3. The Hall–Kier alpha value is -3.26. The van der Waals surface area contributed by atoms with Gasteiger partial charge in [0.2, 0.25) is 0 Å². The van der Waals surface area contributed by atoms with Crippen LogP contribution < -0.4 is 9.62 Å². The predicted molar refractivity (Wildman–Crippen MR) is 107 cm³/mol. The third kappa shape index (κ3) is 4.43. The van der Waals surface area contributed by atoms with E-state index in [2.05, 4.69) is 5.32 Å². The van der Waals surface area contributed by atoms with Crippen LogP contribution in [0.4, 0.5) is 20.2 Å². The van der Waals surface area contributed by atoms with E-state index < -0.39 is 27.6 Å². The second kappa shape index (κ2) is 8.40. The number of carbonyl (C=O) groups excluding carboxylic acids is 1. The fourth-order valence-corrected chi connectivity index (χ4v) is 4.25. The number of sulfonamides is 1. The Bertz CT molecular complexity index is 1120. The zero-order chi connectivity index (χ0) is 21.0. The van der Waals surface area contributed by atoms with Gasteiger partial charge in [-0.25, -0.2) is 17.2 Å². The van der Waals surface area contributed by atoms with Crippen LogP contribution in [0.3, 0.4) is 0 Å². The Labute approximate surface area is 167 Å². The van der Waals surface area contributed by atoms with E-state index in [4.69, 9.17) is 0 Å². The molecule has 0 aliphatic rings. The first-order chi connectivity index (χ1) is 13.8. The monoisotopic (exact) mass is 416 g/mol. The highest BCUT2D eigenvalue weighted by molar-refractivity contribution is 7.92. The molecular weight excluding hydrogens is 398 g/mol. The summed E-state index contributed by atoms with van der Waals surface area (Å²) >= 11 is 0. The topological polar surface area (TPSA) is 66.5 Å². The van der Waals surface area contributed by atoms with Crippen LogP contribution in [0.25, 0.3) is 0 Å². The van der Waals surface area contributed by atoms with Crippen molar-refractivity contribution in [1.29, 1.82) is 0 Å². The summed E-state index contributed by atoms with van der Waals surface area (Å²) in [5.41, 5.74) is 0.494. The van der Waals surface area contributed by atoms with Gasteiger partial charge < -0.3 is 5.32 Å². The van der Waals surface area contributed by atoms with Gasteiger partial charge in [0, 0.05) is 18.2 Å². The second-order valence-corrected chi connectivity index (χ2v) is 7.97. The molecule has 0 radical (unpaired) electrons. The van der Waals surface area contributed by atoms with Crippen LogP contribution in [-0.4, -0.2) is 20.9 Å². The summed E-state index contributed by atoms with van der Waals surface area (Å²) in [7, 11) is -3.82. The van der Waals surface area contributed by atoms with Crippen molar-refractivity contribution in [3.8, 4) is 0 Å². The molecule has 0 aliphatic heterocycles. The molecule has 0 fully saturated rings. The molecule has 0 bridgehead atoms. The van der Waals surface area contributed by atoms with Crippen molar-refractivity contribution in [1.82, 2.24) is 0 Å². The Balaban J connectivity index is 1.82. The molecule has 0 aliphatic carbocycles. The maximum Gasteiger partial charge on any atom is 0.264 e. The average molecular weight is 416 g/mol. The van der Waals surface area contributed by atoms with E-state index in [1.54, 1.807) is 37.3 Å². The maximum absolute atomic E-state index is 13.7. The van der Waals surface area contributed by atoms with Crippen LogP contribution in [0, 0.1) is 11.6 Å². The van der Waals surface area contributed by atoms with Gasteiger partial charge >= 0.3 is 0 Å².